The molecule has 0 atom stereocenters. The van der Waals surface area contributed by atoms with Crippen molar-refractivity contribution >= 4 is 17.5 Å². The number of ketones is 1. The molecule has 0 bridgehead atoms. The molecule has 0 N–H and O–H groups in total. The third kappa shape index (κ3) is 5.84. The van der Waals surface area contributed by atoms with Crippen LogP contribution < -0.4 is 14.4 Å². The minimum Gasteiger partial charge on any atom is -0.493 e. The van der Waals surface area contributed by atoms with Crippen LogP contribution in [0.1, 0.15) is 35.7 Å². The molecule has 3 rings (SSSR count). The van der Waals surface area contributed by atoms with Crippen molar-refractivity contribution in [3.63, 3.8) is 0 Å². The number of carbonyl (C=O) groups excluding carboxylic acids is 1. The second kappa shape index (κ2) is 10.7. The number of unbranched alkanes of at least 4 members (excludes halogenated alkanes) is 1. The summed E-state index contributed by atoms with van der Waals surface area (Å²) in [5.74, 6) is 1.37. The molecule has 1 aliphatic rings. The van der Waals surface area contributed by atoms with Gasteiger partial charge in [0.1, 0.15) is 0 Å². The zero-order valence-electron chi connectivity index (χ0n) is 17.2. The first kappa shape index (κ1) is 20.9. The number of ether oxygens (including phenoxy) is 3. The van der Waals surface area contributed by atoms with Crippen LogP contribution in [0.3, 0.4) is 0 Å². The summed E-state index contributed by atoms with van der Waals surface area (Å²) in [6.07, 6.45) is 5.48. The largest absolute Gasteiger partial charge is 0.493 e. The molecule has 0 amide bonds. The summed E-state index contributed by atoms with van der Waals surface area (Å²) in [6, 6.07) is 13.4. The molecule has 29 heavy (non-hydrogen) atoms. The number of benzene rings is 2. The van der Waals surface area contributed by atoms with E-state index >= 15 is 0 Å². The van der Waals surface area contributed by atoms with Crippen LogP contribution in [0.2, 0.25) is 0 Å². The Balaban J connectivity index is 1.63. The summed E-state index contributed by atoms with van der Waals surface area (Å²) in [5, 5.41) is 0. The van der Waals surface area contributed by atoms with Gasteiger partial charge in [-0.15, -0.1) is 0 Å². The molecule has 0 saturated carbocycles. The van der Waals surface area contributed by atoms with E-state index in [9.17, 15) is 4.79 Å². The summed E-state index contributed by atoms with van der Waals surface area (Å²) >= 11 is 0. The Morgan fingerprint density at radius 3 is 2.55 bits per heavy atom. The van der Waals surface area contributed by atoms with Crippen molar-refractivity contribution in [2.24, 2.45) is 0 Å². The third-order valence-corrected chi connectivity index (χ3v) is 4.90. The van der Waals surface area contributed by atoms with Gasteiger partial charge in [0.2, 0.25) is 0 Å². The molecule has 0 radical (unpaired) electrons. The van der Waals surface area contributed by atoms with Crippen molar-refractivity contribution in [1.29, 1.82) is 0 Å². The van der Waals surface area contributed by atoms with Gasteiger partial charge in [-0.25, -0.2) is 0 Å². The lowest BCUT2D eigenvalue weighted by Crippen LogP contribution is -2.36. The van der Waals surface area contributed by atoms with Crippen molar-refractivity contribution in [2.75, 3.05) is 44.9 Å². The van der Waals surface area contributed by atoms with E-state index in [-0.39, 0.29) is 5.78 Å². The van der Waals surface area contributed by atoms with E-state index in [4.69, 9.17) is 14.2 Å². The van der Waals surface area contributed by atoms with Crippen molar-refractivity contribution in [1.82, 2.24) is 0 Å². The highest BCUT2D eigenvalue weighted by molar-refractivity contribution is 6.07. The van der Waals surface area contributed by atoms with Gasteiger partial charge >= 0.3 is 0 Å². The van der Waals surface area contributed by atoms with E-state index in [0.717, 1.165) is 56.1 Å². The number of nitrogens with zero attached hydrogens (tertiary/aromatic N) is 1. The molecule has 1 fully saturated rings. The zero-order valence-corrected chi connectivity index (χ0v) is 17.2. The maximum absolute atomic E-state index is 12.5. The fourth-order valence-corrected chi connectivity index (χ4v) is 3.16. The lowest BCUT2D eigenvalue weighted by atomic mass is 10.1. The maximum Gasteiger partial charge on any atom is 0.185 e. The number of hydrogen-bond donors (Lipinski definition) is 0. The molecule has 1 saturated heterocycles. The first-order chi connectivity index (χ1) is 14.2. The van der Waals surface area contributed by atoms with Gasteiger partial charge in [0.15, 0.2) is 17.3 Å². The first-order valence-corrected chi connectivity index (χ1v) is 10.2. The number of hydrogen-bond acceptors (Lipinski definition) is 5. The number of morpholine rings is 1. The molecule has 154 valence electrons. The van der Waals surface area contributed by atoms with E-state index < -0.39 is 0 Å². The van der Waals surface area contributed by atoms with Gasteiger partial charge in [-0.2, -0.15) is 0 Å². The number of allylic oxidation sites excluding steroid dienone is 1. The fourth-order valence-electron chi connectivity index (χ4n) is 3.16. The fraction of sp³-hybridized carbons (Fsp3) is 0.375. The maximum atomic E-state index is 12.5. The Hall–Kier alpha value is -2.79. The second-order valence-electron chi connectivity index (χ2n) is 6.96. The van der Waals surface area contributed by atoms with Gasteiger partial charge in [-0.1, -0.05) is 25.5 Å². The van der Waals surface area contributed by atoms with Crippen LogP contribution in [0.25, 0.3) is 6.08 Å². The van der Waals surface area contributed by atoms with Crippen LogP contribution in [0.5, 0.6) is 11.5 Å². The summed E-state index contributed by atoms with van der Waals surface area (Å²) in [5.41, 5.74) is 2.69. The van der Waals surface area contributed by atoms with Gasteiger partial charge in [0.05, 0.1) is 26.9 Å². The molecule has 2 aromatic carbocycles. The van der Waals surface area contributed by atoms with E-state index in [1.807, 2.05) is 42.5 Å². The number of methoxy groups -OCH3 is 1. The molecule has 5 heteroatoms. The molecule has 2 aromatic rings. The van der Waals surface area contributed by atoms with Gasteiger partial charge in [-0.05, 0) is 54.5 Å². The zero-order chi connectivity index (χ0) is 20.5. The standard InChI is InChI=1S/C24H29NO4/c1-3-4-15-29-23-12-6-19(18-24(23)27-2)5-11-22(26)20-7-9-21(10-8-20)25-13-16-28-17-14-25/h5-12,18H,3-4,13-17H2,1-2H3/b11-5+. The van der Waals surface area contributed by atoms with Gasteiger partial charge in [0, 0.05) is 24.3 Å². The lowest BCUT2D eigenvalue weighted by molar-refractivity contribution is 0.104. The van der Waals surface area contributed by atoms with Gasteiger partial charge in [-0.3, -0.25) is 4.79 Å². The lowest BCUT2D eigenvalue weighted by Gasteiger charge is -2.28. The minimum atomic E-state index is -0.0271. The topological polar surface area (TPSA) is 48.0 Å². The Labute approximate surface area is 172 Å². The molecule has 0 spiro atoms. The highest BCUT2D eigenvalue weighted by Crippen LogP contribution is 2.29. The van der Waals surface area contributed by atoms with Crippen LogP contribution in [0, 0.1) is 0 Å². The van der Waals surface area contributed by atoms with Crippen molar-refractivity contribution in [3.05, 3.63) is 59.7 Å². The van der Waals surface area contributed by atoms with Crippen LogP contribution in [0.4, 0.5) is 5.69 Å². The number of anilines is 1. The predicted molar refractivity (Wildman–Crippen MR) is 116 cm³/mol. The smallest absolute Gasteiger partial charge is 0.185 e. The highest BCUT2D eigenvalue weighted by Gasteiger charge is 2.11. The highest BCUT2D eigenvalue weighted by atomic mass is 16.5. The van der Waals surface area contributed by atoms with E-state index in [2.05, 4.69) is 11.8 Å². The number of carbonyl (C=O) groups is 1. The van der Waals surface area contributed by atoms with Crippen molar-refractivity contribution < 1.29 is 19.0 Å². The predicted octanol–water partition coefficient (Wildman–Crippen LogP) is 4.61. The Morgan fingerprint density at radius 1 is 1.10 bits per heavy atom. The Morgan fingerprint density at radius 2 is 1.86 bits per heavy atom. The average Bonchev–Trinajstić information content (AvgIpc) is 2.79. The molecule has 0 aromatic heterocycles. The Kier molecular flexibility index (Phi) is 7.70. The quantitative estimate of drug-likeness (QED) is 0.353. The second-order valence-corrected chi connectivity index (χ2v) is 6.96. The van der Waals surface area contributed by atoms with E-state index in [1.54, 1.807) is 19.3 Å². The van der Waals surface area contributed by atoms with Gasteiger partial charge in [0.25, 0.3) is 0 Å². The van der Waals surface area contributed by atoms with E-state index in [1.165, 1.54) is 0 Å². The summed E-state index contributed by atoms with van der Waals surface area (Å²) in [6.45, 7) is 6.05. The first-order valence-electron chi connectivity index (χ1n) is 10.2. The van der Waals surface area contributed by atoms with Crippen LogP contribution in [-0.4, -0.2) is 45.8 Å². The van der Waals surface area contributed by atoms with E-state index in [0.29, 0.717) is 17.9 Å². The minimum absolute atomic E-state index is 0.0271. The molecule has 0 aliphatic carbocycles. The van der Waals surface area contributed by atoms with Crippen LogP contribution in [-0.2, 0) is 4.74 Å². The van der Waals surface area contributed by atoms with Gasteiger partial charge < -0.3 is 19.1 Å². The monoisotopic (exact) mass is 395 g/mol. The molecule has 1 aliphatic heterocycles. The summed E-state index contributed by atoms with van der Waals surface area (Å²) in [4.78, 5) is 14.8. The SMILES string of the molecule is CCCCOc1ccc(/C=C/C(=O)c2ccc(N3CCOCC3)cc2)cc1OC. The molecule has 1 heterocycles. The normalized spacial score (nSPS) is 14.2. The van der Waals surface area contributed by atoms with Crippen LogP contribution >= 0.6 is 0 Å². The molecular weight excluding hydrogens is 366 g/mol. The number of rotatable bonds is 9. The molecule has 5 nitrogen and oxygen atoms in total. The third-order valence-electron chi connectivity index (χ3n) is 4.90. The Bertz CT molecular complexity index is 823. The van der Waals surface area contributed by atoms with Crippen molar-refractivity contribution in [3.8, 4) is 11.5 Å². The summed E-state index contributed by atoms with van der Waals surface area (Å²) in [7, 11) is 1.62. The summed E-state index contributed by atoms with van der Waals surface area (Å²) < 4.78 is 16.6. The molecule has 0 unspecified atom stereocenters. The molecular formula is C24H29NO4. The average molecular weight is 395 g/mol. The van der Waals surface area contributed by atoms with Crippen molar-refractivity contribution in [2.45, 2.75) is 19.8 Å². The van der Waals surface area contributed by atoms with Crippen LogP contribution in [0.15, 0.2) is 48.5 Å².